The molecule has 0 aromatic rings. The van der Waals surface area contributed by atoms with E-state index in [9.17, 15) is 14.4 Å². The Labute approximate surface area is 91.9 Å². The molecule has 0 saturated heterocycles. The Morgan fingerprint density at radius 1 is 1.44 bits per heavy atom. The molecule has 6 N–H and O–H groups in total. The van der Waals surface area contributed by atoms with Crippen LogP contribution in [-0.4, -0.2) is 35.6 Å². The number of amides is 1. The highest BCUT2D eigenvalue weighted by Crippen LogP contribution is 2.08. The summed E-state index contributed by atoms with van der Waals surface area (Å²) in [5, 5.41) is 8.56. The number of hydrogen-bond acceptors (Lipinski definition) is 6. The number of carboxylic acid groups (broad SMARTS) is 1. The van der Waals surface area contributed by atoms with E-state index in [1.54, 1.807) is 12.3 Å². The minimum absolute atomic E-state index is 0.0789. The first-order valence-electron chi connectivity index (χ1n) is 4.59. The van der Waals surface area contributed by atoms with E-state index in [-0.39, 0.29) is 13.0 Å². The molecule has 8 heteroatoms. The SMILES string of the molecule is CCOC(=O)C(C[C@H](N)C(=O)O)C(=O)NN. The molecule has 0 aliphatic rings. The van der Waals surface area contributed by atoms with Gasteiger partial charge in [-0.1, -0.05) is 0 Å². The Morgan fingerprint density at radius 2 is 2.00 bits per heavy atom. The first kappa shape index (κ1) is 14.3. The van der Waals surface area contributed by atoms with E-state index in [1.807, 2.05) is 0 Å². The molecule has 8 nitrogen and oxygen atoms in total. The van der Waals surface area contributed by atoms with Crippen molar-refractivity contribution in [1.29, 1.82) is 0 Å². The lowest BCUT2D eigenvalue weighted by Gasteiger charge is -2.15. The van der Waals surface area contributed by atoms with Crippen LogP contribution in [0.4, 0.5) is 0 Å². The van der Waals surface area contributed by atoms with Crippen molar-refractivity contribution in [1.82, 2.24) is 5.43 Å². The molecule has 1 unspecified atom stereocenters. The highest BCUT2D eigenvalue weighted by molar-refractivity contribution is 5.98. The number of aliphatic carboxylic acids is 1. The minimum Gasteiger partial charge on any atom is -0.480 e. The standard InChI is InChI=1S/C8H15N3O5/c1-2-16-8(15)4(6(12)11-10)3-5(9)7(13)14/h4-5H,2-3,9-10H2,1H3,(H,11,12)(H,13,14)/t4?,5-/m0/s1. The van der Waals surface area contributed by atoms with E-state index in [2.05, 4.69) is 4.74 Å². The van der Waals surface area contributed by atoms with Crippen molar-refractivity contribution in [3.63, 3.8) is 0 Å². The Bertz CT molecular complexity index is 281. The second kappa shape index (κ2) is 6.75. The van der Waals surface area contributed by atoms with Crippen molar-refractivity contribution < 1.29 is 24.2 Å². The Hall–Kier alpha value is -1.67. The average molecular weight is 233 g/mol. The molecule has 0 aromatic heterocycles. The Balaban J connectivity index is 4.61. The molecule has 92 valence electrons. The van der Waals surface area contributed by atoms with Crippen molar-refractivity contribution in [2.75, 3.05) is 6.61 Å². The summed E-state index contributed by atoms with van der Waals surface area (Å²) < 4.78 is 4.60. The van der Waals surface area contributed by atoms with Gasteiger partial charge in [0.2, 0.25) is 5.91 Å². The van der Waals surface area contributed by atoms with Crippen LogP contribution in [0.25, 0.3) is 0 Å². The monoisotopic (exact) mass is 233 g/mol. The number of ether oxygens (including phenoxy) is 1. The molecule has 0 bridgehead atoms. The number of carbonyl (C=O) groups excluding carboxylic acids is 2. The average Bonchev–Trinajstić information content (AvgIpc) is 2.24. The van der Waals surface area contributed by atoms with Crippen LogP contribution in [0.1, 0.15) is 13.3 Å². The highest BCUT2D eigenvalue weighted by atomic mass is 16.5. The number of esters is 1. The molecule has 0 spiro atoms. The predicted octanol–water partition coefficient (Wildman–Crippen LogP) is -2.04. The zero-order valence-corrected chi connectivity index (χ0v) is 8.80. The maximum atomic E-state index is 11.3. The number of carboxylic acids is 1. The summed E-state index contributed by atoms with van der Waals surface area (Å²) in [5.41, 5.74) is 6.98. The van der Waals surface area contributed by atoms with Crippen molar-refractivity contribution >= 4 is 17.8 Å². The lowest BCUT2D eigenvalue weighted by molar-refractivity contribution is -0.153. The summed E-state index contributed by atoms with van der Waals surface area (Å²) in [5.74, 6) is 0.578. The van der Waals surface area contributed by atoms with Gasteiger partial charge in [-0.05, 0) is 13.3 Å². The summed E-state index contributed by atoms with van der Waals surface area (Å²) >= 11 is 0. The number of hydrazine groups is 1. The maximum absolute atomic E-state index is 11.3. The van der Waals surface area contributed by atoms with E-state index in [4.69, 9.17) is 16.7 Å². The third-order valence-electron chi connectivity index (χ3n) is 1.84. The van der Waals surface area contributed by atoms with Crippen LogP contribution in [-0.2, 0) is 19.1 Å². The predicted molar refractivity (Wildman–Crippen MR) is 52.7 cm³/mol. The van der Waals surface area contributed by atoms with E-state index in [1.165, 1.54) is 0 Å². The summed E-state index contributed by atoms with van der Waals surface area (Å²) in [6.45, 7) is 1.64. The Morgan fingerprint density at radius 3 is 2.38 bits per heavy atom. The van der Waals surface area contributed by atoms with Gasteiger partial charge < -0.3 is 15.6 Å². The van der Waals surface area contributed by atoms with Crippen LogP contribution >= 0.6 is 0 Å². The minimum atomic E-state index is -1.33. The molecule has 0 aliphatic heterocycles. The van der Waals surface area contributed by atoms with Gasteiger partial charge >= 0.3 is 11.9 Å². The van der Waals surface area contributed by atoms with Gasteiger partial charge in [-0.3, -0.25) is 19.8 Å². The Kier molecular flexibility index (Phi) is 6.04. The van der Waals surface area contributed by atoms with Crippen LogP contribution < -0.4 is 17.0 Å². The van der Waals surface area contributed by atoms with Crippen molar-refractivity contribution in [3.05, 3.63) is 0 Å². The summed E-state index contributed by atoms with van der Waals surface area (Å²) in [6, 6.07) is -1.33. The largest absolute Gasteiger partial charge is 0.480 e. The van der Waals surface area contributed by atoms with E-state index in [0.29, 0.717) is 0 Å². The lowest BCUT2D eigenvalue weighted by atomic mass is 10.00. The number of hydrogen-bond donors (Lipinski definition) is 4. The second-order valence-electron chi connectivity index (χ2n) is 2.99. The lowest BCUT2D eigenvalue weighted by Crippen LogP contribution is -2.44. The normalized spacial score (nSPS) is 13.7. The zero-order chi connectivity index (χ0) is 12.7. The molecule has 0 heterocycles. The molecular formula is C8H15N3O5. The van der Waals surface area contributed by atoms with Gasteiger partial charge in [-0.2, -0.15) is 0 Å². The van der Waals surface area contributed by atoms with Crippen LogP contribution in [0.5, 0.6) is 0 Å². The molecule has 0 saturated carbocycles. The molecular weight excluding hydrogens is 218 g/mol. The number of carbonyl (C=O) groups is 3. The fraction of sp³-hybridized carbons (Fsp3) is 0.625. The van der Waals surface area contributed by atoms with Gasteiger partial charge in [0.15, 0.2) is 0 Å². The summed E-state index contributed by atoms with van der Waals surface area (Å²) in [6.07, 6.45) is -0.364. The van der Waals surface area contributed by atoms with Crippen LogP contribution in [0.2, 0.25) is 0 Å². The molecule has 0 aliphatic carbocycles. The molecule has 0 radical (unpaired) electrons. The van der Waals surface area contributed by atoms with Crippen LogP contribution in [0, 0.1) is 5.92 Å². The third-order valence-corrected chi connectivity index (χ3v) is 1.84. The van der Waals surface area contributed by atoms with E-state index in [0.717, 1.165) is 0 Å². The highest BCUT2D eigenvalue weighted by Gasteiger charge is 2.31. The quantitative estimate of drug-likeness (QED) is 0.136. The van der Waals surface area contributed by atoms with Crippen LogP contribution in [0.15, 0.2) is 0 Å². The third kappa shape index (κ3) is 4.24. The first-order valence-corrected chi connectivity index (χ1v) is 4.59. The molecule has 0 rings (SSSR count). The van der Waals surface area contributed by atoms with E-state index < -0.39 is 29.8 Å². The number of nitrogens with one attached hydrogen (secondary N) is 1. The van der Waals surface area contributed by atoms with Crippen LogP contribution in [0.3, 0.4) is 0 Å². The molecule has 2 atom stereocenters. The van der Waals surface area contributed by atoms with Gasteiger partial charge in [0.1, 0.15) is 12.0 Å². The fourth-order valence-corrected chi connectivity index (χ4v) is 1.01. The number of nitrogens with two attached hydrogens (primary N) is 2. The smallest absolute Gasteiger partial charge is 0.320 e. The number of rotatable bonds is 6. The second-order valence-corrected chi connectivity index (χ2v) is 2.99. The molecule has 1 amide bonds. The maximum Gasteiger partial charge on any atom is 0.320 e. The van der Waals surface area contributed by atoms with E-state index >= 15 is 0 Å². The van der Waals surface area contributed by atoms with Gasteiger partial charge in [0, 0.05) is 0 Å². The molecule has 0 fully saturated rings. The first-order chi connectivity index (χ1) is 7.43. The zero-order valence-electron chi connectivity index (χ0n) is 8.80. The van der Waals surface area contributed by atoms with Crippen molar-refractivity contribution in [3.8, 4) is 0 Å². The van der Waals surface area contributed by atoms with Gasteiger partial charge in [0.25, 0.3) is 0 Å². The molecule has 0 aromatic carbocycles. The van der Waals surface area contributed by atoms with Gasteiger partial charge in [0.05, 0.1) is 6.61 Å². The molecule has 16 heavy (non-hydrogen) atoms. The van der Waals surface area contributed by atoms with Crippen molar-refractivity contribution in [2.45, 2.75) is 19.4 Å². The topological polar surface area (TPSA) is 145 Å². The van der Waals surface area contributed by atoms with Gasteiger partial charge in [-0.25, -0.2) is 5.84 Å². The summed E-state index contributed by atoms with van der Waals surface area (Å²) in [4.78, 5) is 33.0. The fourth-order valence-electron chi connectivity index (χ4n) is 1.01. The van der Waals surface area contributed by atoms with Crippen molar-refractivity contribution in [2.24, 2.45) is 17.5 Å². The van der Waals surface area contributed by atoms with Gasteiger partial charge in [-0.15, -0.1) is 0 Å². The summed E-state index contributed by atoms with van der Waals surface area (Å²) in [7, 11) is 0.